The van der Waals surface area contributed by atoms with Crippen molar-refractivity contribution in [2.45, 2.75) is 174 Å². The molecule has 0 aliphatic rings. The molecule has 0 amide bonds. The molecule has 69 heavy (non-hydrogen) atoms. The van der Waals surface area contributed by atoms with Crippen molar-refractivity contribution in [3.05, 3.63) is 158 Å². The van der Waals surface area contributed by atoms with Crippen LogP contribution >= 0.6 is 7.82 Å². The summed E-state index contributed by atoms with van der Waals surface area (Å²) in [7, 11) is -4.41. The Morgan fingerprint density at radius 1 is 0.435 bits per heavy atom. The quantitative estimate of drug-likeness (QED) is 0.0265. The molecule has 0 bridgehead atoms. The van der Waals surface area contributed by atoms with Crippen LogP contribution in [0.3, 0.4) is 0 Å². The van der Waals surface area contributed by atoms with E-state index < -0.39 is 32.5 Å². The smallest absolute Gasteiger partial charge is 0.462 e. The van der Waals surface area contributed by atoms with Crippen molar-refractivity contribution in [3.63, 3.8) is 0 Å². The average Bonchev–Trinajstić information content (AvgIpc) is 3.34. The molecule has 0 aliphatic carbocycles. The van der Waals surface area contributed by atoms with Gasteiger partial charge >= 0.3 is 19.8 Å². The van der Waals surface area contributed by atoms with E-state index in [2.05, 4.69) is 172 Å². The molecule has 2 atom stereocenters. The number of allylic oxidation sites excluding steroid dienone is 26. The zero-order chi connectivity index (χ0) is 50.2. The third-order valence-corrected chi connectivity index (χ3v) is 10.9. The number of hydrogen-bond acceptors (Lipinski definition) is 8. The summed E-state index contributed by atoms with van der Waals surface area (Å²) in [5.41, 5.74) is 5.35. The van der Waals surface area contributed by atoms with Crippen LogP contribution in [-0.4, -0.2) is 49.3 Å². The fourth-order valence-corrected chi connectivity index (χ4v) is 6.91. The second kappa shape index (κ2) is 53.0. The number of phosphoric acid groups is 1. The monoisotopic (exact) mass is 974 g/mol. The Bertz CT molecular complexity index is 1680. The first-order valence-electron chi connectivity index (χ1n) is 26.0. The molecule has 0 saturated carbocycles. The van der Waals surface area contributed by atoms with E-state index in [9.17, 15) is 19.0 Å². The van der Waals surface area contributed by atoms with Gasteiger partial charge in [0.2, 0.25) is 0 Å². The van der Waals surface area contributed by atoms with Crippen molar-refractivity contribution in [2.75, 3.05) is 26.4 Å². The van der Waals surface area contributed by atoms with E-state index >= 15 is 0 Å². The van der Waals surface area contributed by atoms with Crippen LogP contribution in [0.5, 0.6) is 0 Å². The van der Waals surface area contributed by atoms with Gasteiger partial charge in [-0.05, 0) is 122 Å². The normalized spacial score (nSPS) is 14.4. The number of rotatable bonds is 46. The number of carbonyl (C=O) groups excluding carboxylic acids is 2. The van der Waals surface area contributed by atoms with Crippen LogP contribution in [0.4, 0.5) is 0 Å². The minimum absolute atomic E-state index is 0.0354. The highest BCUT2D eigenvalue weighted by molar-refractivity contribution is 7.47. The molecular formula is C59H92NO8P. The third kappa shape index (κ3) is 52.8. The molecule has 0 aliphatic heterocycles. The topological polar surface area (TPSA) is 134 Å². The summed E-state index contributed by atoms with van der Waals surface area (Å²) in [6, 6.07) is 0. The zero-order valence-corrected chi connectivity index (χ0v) is 43.6. The SMILES string of the molecule is CC/C=C\C/C=C\C/C=C\C/C=C\C/C=C\C/C=C\C/C=C\C/C=C\C/C=C\C/C=C\CCCCCCC(=O)OC(COC(=O)CCCCC/C=C\C/C=C\C/C=C\CC)COP(=O)(O)OCCN. The predicted molar refractivity (Wildman–Crippen MR) is 293 cm³/mol. The number of ether oxygens (including phenoxy) is 2. The van der Waals surface area contributed by atoms with Crippen molar-refractivity contribution < 1.29 is 37.6 Å². The minimum atomic E-state index is -4.41. The fourth-order valence-electron chi connectivity index (χ4n) is 6.15. The molecule has 0 radical (unpaired) electrons. The molecule has 0 fully saturated rings. The van der Waals surface area contributed by atoms with Crippen molar-refractivity contribution in [1.29, 1.82) is 0 Å². The molecule has 0 aromatic rings. The molecule has 9 nitrogen and oxygen atoms in total. The highest BCUT2D eigenvalue weighted by atomic mass is 31.2. The lowest BCUT2D eigenvalue weighted by atomic mass is 10.1. The lowest BCUT2D eigenvalue weighted by Crippen LogP contribution is -2.29. The Morgan fingerprint density at radius 2 is 0.754 bits per heavy atom. The van der Waals surface area contributed by atoms with E-state index in [0.717, 1.165) is 128 Å². The third-order valence-electron chi connectivity index (χ3n) is 9.91. The summed E-state index contributed by atoms with van der Waals surface area (Å²) in [4.78, 5) is 35.0. The van der Waals surface area contributed by atoms with E-state index in [1.165, 1.54) is 0 Å². The molecule has 10 heteroatoms. The molecule has 0 aromatic heterocycles. The van der Waals surface area contributed by atoms with E-state index in [1.807, 2.05) is 0 Å². The van der Waals surface area contributed by atoms with Gasteiger partial charge in [0, 0.05) is 19.4 Å². The highest BCUT2D eigenvalue weighted by Gasteiger charge is 2.26. The first kappa shape index (κ1) is 64.6. The van der Waals surface area contributed by atoms with Gasteiger partial charge in [-0.15, -0.1) is 0 Å². The lowest BCUT2D eigenvalue weighted by Gasteiger charge is -2.19. The van der Waals surface area contributed by atoms with Gasteiger partial charge < -0.3 is 20.1 Å². The Kier molecular flexibility index (Phi) is 49.6. The number of esters is 2. The Hall–Kier alpha value is -4.37. The molecule has 386 valence electrons. The van der Waals surface area contributed by atoms with Crippen molar-refractivity contribution in [3.8, 4) is 0 Å². The van der Waals surface area contributed by atoms with Crippen molar-refractivity contribution in [1.82, 2.24) is 0 Å². The molecule has 0 saturated heterocycles. The van der Waals surface area contributed by atoms with Crippen LogP contribution < -0.4 is 5.73 Å². The largest absolute Gasteiger partial charge is 0.472 e. The summed E-state index contributed by atoms with van der Waals surface area (Å²) in [6.07, 6.45) is 77.3. The summed E-state index contributed by atoms with van der Waals surface area (Å²) in [6.45, 7) is 3.40. The van der Waals surface area contributed by atoms with Crippen molar-refractivity contribution in [2.24, 2.45) is 5.73 Å². The maximum Gasteiger partial charge on any atom is 0.472 e. The summed E-state index contributed by atoms with van der Waals surface area (Å²) in [5.74, 6) is -0.909. The molecule has 0 heterocycles. The van der Waals surface area contributed by atoms with E-state index in [1.54, 1.807) is 0 Å². The van der Waals surface area contributed by atoms with E-state index in [0.29, 0.717) is 12.8 Å². The van der Waals surface area contributed by atoms with Gasteiger partial charge in [0.1, 0.15) is 6.61 Å². The average molecular weight is 974 g/mol. The second-order valence-electron chi connectivity index (χ2n) is 16.3. The molecule has 0 aromatic carbocycles. The molecular weight excluding hydrogens is 882 g/mol. The first-order chi connectivity index (χ1) is 33.8. The maximum absolute atomic E-state index is 12.6. The highest BCUT2D eigenvalue weighted by Crippen LogP contribution is 2.43. The van der Waals surface area contributed by atoms with Crippen LogP contribution in [0.2, 0.25) is 0 Å². The molecule has 0 spiro atoms. The number of carbonyl (C=O) groups is 2. The summed E-state index contributed by atoms with van der Waals surface area (Å²) < 4.78 is 32.8. The van der Waals surface area contributed by atoms with E-state index in [-0.39, 0.29) is 32.6 Å². The van der Waals surface area contributed by atoms with Crippen LogP contribution in [0.1, 0.15) is 168 Å². The van der Waals surface area contributed by atoms with Gasteiger partial charge in [0.05, 0.1) is 13.2 Å². The molecule has 3 N–H and O–H groups in total. The maximum atomic E-state index is 12.6. The lowest BCUT2D eigenvalue weighted by molar-refractivity contribution is -0.161. The van der Waals surface area contributed by atoms with Gasteiger partial charge in [-0.2, -0.15) is 0 Å². The van der Waals surface area contributed by atoms with Gasteiger partial charge in [-0.3, -0.25) is 18.6 Å². The summed E-state index contributed by atoms with van der Waals surface area (Å²) >= 11 is 0. The van der Waals surface area contributed by atoms with Crippen LogP contribution in [0.15, 0.2) is 158 Å². The zero-order valence-electron chi connectivity index (χ0n) is 42.7. The number of phosphoric ester groups is 1. The van der Waals surface area contributed by atoms with Gasteiger partial charge in [0.15, 0.2) is 6.10 Å². The van der Waals surface area contributed by atoms with E-state index in [4.69, 9.17) is 24.3 Å². The van der Waals surface area contributed by atoms with Crippen LogP contribution in [0, 0.1) is 0 Å². The second-order valence-corrected chi connectivity index (χ2v) is 17.7. The summed E-state index contributed by atoms with van der Waals surface area (Å²) in [5, 5.41) is 0. The predicted octanol–water partition coefficient (Wildman–Crippen LogP) is 16.2. The van der Waals surface area contributed by atoms with Crippen LogP contribution in [-0.2, 0) is 32.7 Å². The Morgan fingerprint density at radius 3 is 1.12 bits per heavy atom. The Balaban J connectivity index is 4.13. The first-order valence-corrected chi connectivity index (χ1v) is 27.5. The number of nitrogens with two attached hydrogens (primary N) is 1. The van der Waals surface area contributed by atoms with Crippen LogP contribution in [0.25, 0.3) is 0 Å². The Labute approximate surface area is 419 Å². The number of hydrogen-bond donors (Lipinski definition) is 2. The van der Waals surface area contributed by atoms with Gasteiger partial charge in [-0.1, -0.05) is 191 Å². The molecule has 2 unspecified atom stereocenters. The molecule has 0 rings (SSSR count). The standard InChI is InChI=1S/C59H92NO8P/c1-3-5-7-9-11-13-15-17-18-19-20-21-22-23-24-25-26-27-28-29-30-31-32-33-34-35-36-37-38-40-42-44-46-48-50-52-59(62)68-57(56-67-69(63,64)66-54-53-60)55-65-58(61)51-49-47-45-43-41-39-16-14-12-10-8-6-4-2/h5-8,11-14,17-18,20-21,23-24,26-27,29-30,32-33,35-36,38-41,57H,3-4,9-10,15-16,19,22,25,28,31,34,37,42-56,60H2,1-2H3,(H,63,64)/b7-5-,8-6-,13-11-,14-12-,18-17-,21-20-,24-23-,27-26-,30-29-,33-32-,36-35-,40-38-,41-39-. The van der Waals surface area contributed by atoms with Gasteiger partial charge in [-0.25, -0.2) is 4.57 Å². The minimum Gasteiger partial charge on any atom is -0.462 e. The number of unbranched alkanes of at least 4 members (excludes halogenated alkanes) is 7. The fraction of sp³-hybridized carbons (Fsp3) is 0.525. The van der Waals surface area contributed by atoms with Gasteiger partial charge in [0.25, 0.3) is 0 Å². The van der Waals surface area contributed by atoms with Crippen molar-refractivity contribution >= 4 is 19.8 Å².